The van der Waals surface area contributed by atoms with E-state index in [-0.39, 0.29) is 17.6 Å². The Balaban J connectivity index is 3.45. The van der Waals surface area contributed by atoms with Crippen LogP contribution in [0, 0.1) is 0 Å². The predicted octanol–water partition coefficient (Wildman–Crippen LogP) is 3.84. The molecule has 0 aliphatic rings. The summed E-state index contributed by atoms with van der Waals surface area (Å²) in [4.78, 5) is 11.4. The number of rotatable bonds is 3. The van der Waals surface area contributed by atoms with E-state index in [0.717, 1.165) is 11.1 Å². The van der Waals surface area contributed by atoms with E-state index < -0.39 is 0 Å². The van der Waals surface area contributed by atoms with Gasteiger partial charge in [-0.1, -0.05) is 27.7 Å². The molecular formula is C14H20O2. The summed E-state index contributed by atoms with van der Waals surface area (Å²) in [5.41, 5.74) is 2.40. The van der Waals surface area contributed by atoms with Gasteiger partial charge in [0.15, 0.2) is 5.78 Å². The number of phenolic OH excluding ortho intramolecular Hbond substituents is 1. The van der Waals surface area contributed by atoms with Gasteiger partial charge in [-0.3, -0.25) is 4.79 Å². The van der Waals surface area contributed by atoms with Crippen molar-refractivity contribution in [2.24, 2.45) is 0 Å². The smallest absolute Gasteiger partial charge is 0.159 e. The molecule has 0 fully saturated rings. The zero-order valence-electron chi connectivity index (χ0n) is 10.7. The van der Waals surface area contributed by atoms with Crippen molar-refractivity contribution >= 4 is 5.78 Å². The second-order valence-corrected chi connectivity index (χ2v) is 4.87. The standard InChI is InChI=1S/C14H20O2/c1-8(2)12-6-11(10(5)15)7-13(9(3)4)14(12)16/h6-9,16H,1-5H3. The number of ketones is 1. The van der Waals surface area contributed by atoms with Crippen molar-refractivity contribution in [2.45, 2.75) is 46.5 Å². The van der Waals surface area contributed by atoms with Crippen molar-refractivity contribution in [1.29, 1.82) is 0 Å². The van der Waals surface area contributed by atoms with E-state index in [2.05, 4.69) is 0 Å². The molecule has 0 atom stereocenters. The van der Waals surface area contributed by atoms with Gasteiger partial charge in [0.05, 0.1) is 0 Å². The molecule has 0 aromatic heterocycles. The van der Waals surface area contributed by atoms with E-state index in [1.165, 1.54) is 0 Å². The van der Waals surface area contributed by atoms with E-state index in [1.54, 1.807) is 19.1 Å². The van der Waals surface area contributed by atoms with Gasteiger partial charge >= 0.3 is 0 Å². The summed E-state index contributed by atoms with van der Waals surface area (Å²) < 4.78 is 0. The quantitative estimate of drug-likeness (QED) is 0.786. The van der Waals surface area contributed by atoms with Crippen molar-refractivity contribution in [1.82, 2.24) is 0 Å². The predicted molar refractivity (Wildman–Crippen MR) is 66.3 cm³/mol. The van der Waals surface area contributed by atoms with E-state index in [4.69, 9.17) is 0 Å². The summed E-state index contributed by atoms with van der Waals surface area (Å²) >= 11 is 0. The Morgan fingerprint density at radius 2 is 1.44 bits per heavy atom. The molecule has 0 unspecified atom stereocenters. The molecule has 0 saturated carbocycles. The van der Waals surface area contributed by atoms with Crippen LogP contribution in [0.5, 0.6) is 5.75 Å². The summed E-state index contributed by atoms with van der Waals surface area (Å²) in [7, 11) is 0. The number of aromatic hydroxyl groups is 1. The van der Waals surface area contributed by atoms with E-state index >= 15 is 0 Å². The maximum atomic E-state index is 11.4. The summed E-state index contributed by atoms with van der Waals surface area (Å²) in [6, 6.07) is 3.60. The van der Waals surface area contributed by atoms with Crippen molar-refractivity contribution in [3.63, 3.8) is 0 Å². The first-order valence-electron chi connectivity index (χ1n) is 5.72. The molecule has 88 valence electrons. The summed E-state index contributed by atoms with van der Waals surface area (Å²) in [5, 5.41) is 10.1. The van der Waals surface area contributed by atoms with Crippen LogP contribution in [0.25, 0.3) is 0 Å². The third-order valence-electron chi connectivity index (χ3n) is 2.82. The molecule has 0 heterocycles. The number of carbonyl (C=O) groups is 1. The van der Waals surface area contributed by atoms with E-state index in [9.17, 15) is 9.90 Å². The highest BCUT2D eigenvalue weighted by Gasteiger charge is 2.16. The number of benzene rings is 1. The van der Waals surface area contributed by atoms with Gasteiger partial charge in [0.1, 0.15) is 5.75 Å². The number of hydrogen-bond acceptors (Lipinski definition) is 2. The van der Waals surface area contributed by atoms with Gasteiger partial charge in [0.25, 0.3) is 0 Å². The van der Waals surface area contributed by atoms with Crippen LogP contribution in [-0.4, -0.2) is 10.9 Å². The maximum Gasteiger partial charge on any atom is 0.159 e. The topological polar surface area (TPSA) is 37.3 Å². The highest BCUT2D eigenvalue weighted by Crippen LogP contribution is 2.34. The van der Waals surface area contributed by atoms with Gasteiger partial charge in [-0.15, -0.1) is 0 Å². The first kappa shape index (κ1) is 12.8. The van der Waals surface area contributed by atoms with Crippen molar-refractivity contribution in [3.8, 4) is 5.75 Å². The minimum absolute atomic E-state index is 0.0452. The Kier molecular flexibility index (Phi) is 3.74. The summed E-state index contributed by atoms with van der Waals surface area (Å²) in [5.74, 6) is 0.826. The highest BCUT2D eigenvalue weighted by atomic mass is 16.3. The first-order chi connectivity index (χ1) is 7.34. The van der Waals surface area contributed by atoms with Crippen molar-refractivity contribution in [3.05, 3.63) is 28.8 Å². The molecule has 1 N–H and O–H groups in total. The van der Waals surface area contributed by atoms with Crippen LogP contribution in [0.1, 0.15) is 67.9 Å². The lowest BCUT2D eigenvalue weighted by Gasteiger charge is -2.16. The Labute approximate surface area is 97.3 Å². The second kappa shape index (κ2) is 4.69. The molecule has 2 nitrogen and oxygen atoms in total. The molecule has 0 saturated heterocycles. The highest BCUT2D eigenvalue weighted by molar-refractivity contribution is 5.94. The lowest BCUT2D eigenvalue weighted by Crippen LogP contribution is -2.01. The molecule has 0 aliphatic carbocycles. The molecular weight excluding hydrogens is 200 g/mol. The minimum atomic E-state index is 0.0452. The van der Waals surface area contributed by atoms with Gasteiger partial charge in [0, 0.05) is 5.56 Å². The minimum Gasteiger partial charge on any atom is -0.507 e. The van der Waals surface area contributed by atoms with Crippen molar-refractivity contribution < 1.29 is 9.90 Å². The third kappa shape index (κ3) is 2.43. The van der Waals surface area contributed by atoms with Crippen LogP contribution < -0.4 is 0 Å². The number of carbonyl (C=O) groups excluding carboxylic acids is 1. The normalized spacial score (nSPS) is 11.2. The molecule has 0 bridgehead atoms. The first-order valence-corrected chi connectivity index (χ1v) is 5.72. The number of Topliss-reactive ketones (excluding diaryl/α,β-unsaturated/α-hetero) is 1. The van der Waals surface area contributed by atoms with Crippen LogP contribution in [-0.2, 0) is 0 Å². The van der Waals surface area contributed by atoms with Gasteiger partial charge < -0.3 is 5.11 Å². The largest absolute Gasteiger partial charge is 0.507 e. The van der Waals surface area contributed by atoms with Crippen molar-refractivity contribution in [2.75, 3.05) is 0 Å². The van der Waals surface area contributed by atoms with Crippen LogP contribution >= 0.6 is 0 Å². The average Bonchev–Trinajstić information content (AvgIpc) is 2.16. The maximum absolute atomic E-state index is 11.4. The molecule has 1 aromatic carbocycles. The fraction of sp³-hybridized carbons (Fsp3) is 0.500. The van der Waals surface area contributed by atoms with Crippen LogP contribution in [0.4, 0.5) is 0 Å². The van der Waals surface area contributed by atoms with Gasteiger partial charge in [0.2, 0.25) is 0 Å². The molecule has 1 aromatic rings. The lowest BCUT2D eigenvalue weighted by molar-refractivity contribution is 0.101. The van der Waals surface area contributed by atoms with Crippen LogP contribution in [0.2, 0.25) is 0 Å². The Morgan fingerprint density at radius 1 is 1.06 bits per heavy atom. The second-order valence-electron chi connectivity index (χ2n) is 4.87. The van der Waals surface area contributed by atoms with Gasteiger partial charge in [-0.2, -0.15) is 0 Å². The average molecular weight is 220 g/mol. The Hall–Kier alpha value is -1.31. The van der Waals surface area contributed by atoms with Gasteiger partial charge in [-0.25, -0.2) is 0 Å². The molecule has 0 aliphatic heterocycles. The molecule has 0 amide bonds. The SMILES string of the molecule is CC(=O)c1cc(C(C)C)c(O)c(C(C)C)c1. The lowest BCUT2D eigenvalue weighted by atomic mass is 9.91. The monoisotopic (exact) mass is 220 g/mol. The Morgan fingerprint density at radius 3 is 1.69 bits per heavy atom. The Bertz CT molecular complexity index is 374. The third-order valence-corrected chi connectivity index (χ3v) is 2.82. The van der Waals surface area contributed by atoms with E-state index in [1.807, 2.05) is 27.7 Å². The zero-order valence-corrected chi connectivity index (χ0v) is 10.7. The zero-order chi connectivity index (χ0) is 12.5. The van der Waals surface area contributed by atoms with Crippen LogP contribution in [0.3, 0.4) is 0 Å². The summed E-state index contributed by atoms with van der Waals surface area (Å²) in [6.07, 6.45) is 0. The fourth-order valence-corrected chi connectivity index (χ4v) is 1.76. The van der Waals surface area contributed by atoms with Crippen LogP contribution in [0.15, 0.2) is 12.1 Å². The molecule has 16 heavy (non-hydrogen) atoms. The number of phenols is 1. The fourth-order valence-electron chi connectivity index (χ4n) is 1.76. The van der Waals surface area contributed by atoms with Gasteiger partial charge in [-0.05, 0) is 42.0 Å². The molecule has 0 radical (unpaired) electrons. The molecule has 2 heteroatoms. The molecule has 0 spiro atoms. The summed E-state index contributed by atoms with van der Waals surface area (Å²) in [6.45, 7) is 9.62. The molecule has 1 rings (SSSR count). The van der Waals surface area contributed by atoms with E-state index in [0.29, 0.717) is 11.3 Å². The number of hydrogen-bond donors (Lipinski definition) is 1.